The predicted octanol–water partition coefficient (Wildman–Crippen LogP) is 1.63. The van der Waals surface area contributed by atoms with Crippen molar-refractivity contribution in [2.45, 2.75) is 31.7 Å². The molecule has 5 heteroatoms. The van der Waals surface area contributed by atoms with E-state index in [2.05, 4.69) is 27.2 Å². The molecule has 0 atom stereocenters. The van der Waals surface area contributed by atoms with E-state index in [9.17, 15) is 0 Å². The molecule has 0 aromatic carbocycles. The van der Waals surface area contributed by atoms with E-state index in [-0.39, 0.29) is 0 Å². The normalized spacial score (nSPS) is 15.8. The lowest BCUT2D eigenvalue weighted by molar-refractivity contribution is 0.254. The number of aromatic nitrogens is 2. The van der Waals surface area contributed by atoms with Crippen molar-refractivity contribution in [3.8, 4) is 6.07 Å². The number of nitrogens with zero attached hydrogens (tertiary/aromatic N) is 4. The van der Waals surface area contributed by atoms with Crippen molar-refractivity contribution < 1.29 is 0 Å². The molecule has 1 heterocycles. The van der Waals surface area contributed by atoms with Crippen LogP contribution in [0.5, 0.6) is 0 Å². The van der Waals surface area contributed by atoms with E-state index in [1.165, 1.54) is 25.7 Å². The zero-order valence-electron chi connectivity index (χ0n) is 10.8. The number of rotatable bonds is 5. The Bertz CT molecular complexity index is 420. The molecule has 0 aliphatic heterocycles. The molecular weight excluding hydrogens is 226 g/mol. The molecule has 96 valence electrons. The quantitative estimate of drug-likeness (QED) is 0.854. The molecule has 0 saturated heterocycles. The third-order valence-electron chi connectivity index (χ3n) is 3.47. The maximum atomic E-state index is 8.74. The third-order valence-corrected chi connectivity index (χ3v) is 3.47. The van der Waals surface area contributed by atoms with Gasteiger partial charge in [0.2, 0.25) is 5.95 Å². The molecule has 0 amide bonds. The standard InChI is InChI=1S/C13H19N5/c1-18(12-4-2-3-5-12)9-8-16-13-15-7-6-11(10-14)17-13/h6-7,12H,2-5,8-9H2,1H3,(H,15,16,17). The number of hydrogen-bond acceptors (Lipinski definition) is 5. The van der Waals surface area contributed by atoms with Crippen molar-refractivity contribution in [3.05, 3.63) is 18.0 Å². The summed E-state index contributed by atoms with van der Waals surface area (Å²) >= 11 is 0. The van der Waals surface area contributed by atoms with Crippen LogP contribution >= 0.6 is 0 Å². The summed E-state index contributed by atoms with van der Waals surface area (Å²) in [6, 6.07) is 4.35. The number of hydrogen-bond donors (Lipinski definition) is 1. The lowest BCUT2D eigenvalue weighted by Gasteiger charge is -2.23. The highest BCUT2D eigenvalue weighted by molar-refractivity contribution is 5.29. The Labute approximate surface area is 108 Å². The molecule has 0 spiro atoms. The Morgan fingerprint density at radius 3 is 3.00 bits per heavy atom. The van der Waals surface area contributed by atoms with Crippen molar-refractivity contribution in [1.82, 2.24) is 14.9 Å². The zero-order valence-corrected chi connectivity index (χ0v) is 10.8. The summed E-state index contributed by atoms with van der Waals surface area (Å²) in [6.07, 6.45) is 6.95. The molecule has 1 fully saturated rings. The molecule has 0 bridgehead atoms. The zero-order chi connectivity index (χ0) is 12.8. The molecule has 1 N–H and O–H groups in total. The van der Waals surface area contributed by atoms with Crippen LogP contribution in [-0.2, 0) is 0 Å². The summed E-state index contributed by atoms with van der Waals surface area (Å²) in [6.45, 7) is 1.78. The highest BCUT2D eigenvalue weighted by Crippen LogP contribution is 2.21. The molecule has 0 unspecified atom stereocenters. The van der Waals surface area contributed by atoms with E-state index < -0.39 is 0 Å². The Kier molecular flexibility index (Phi) is 4.48. The van der Waals surface area contributed by atoms with E-state index in [0.29, 0.717) is 11.6 Å². The van der Waals surface area contributed by atoms with Gasteiger partial charge in [0, 0.05) is 25.3 Å². The van der Waals surface area contributed by atoms with Crippen molar-refractivity contribution in [3.63, 3.8) is 0 Å². The highest BCUT2D eigenvalue weighted by atomic mass is 15.2. The number of likely N-dealkylation sites (N-methyl/N-ethyl adjacent to an activating group) is 1. The van der Waals surface area contributed by atoms with E-state index in [0.717, 1.165) is 19.1 Å². The lowest BCUT2D eigenvalue weighted by Crippen LogP contribution is -2.33. The lowest BCUT2D eigenvalue weighted by atomic mass is 10.2. The van der Waals surface area contributed by atoms with Gasteiger partial charge < -0.3 is 10.2 Å². The van der Waals surface area contributed by atoms with Gasteiger partial charge in [-0.2, -0.15) is 5.26 Å². The summed E-state index contributed by atoms with van der Waals surface area (Å²) in [4.78, 5) is 10.6. The molecule has 5 nitrogen and oxygen atoms in total. The van der Waals surface area contributed by atoms with Crippen LogP contribution in [0.1, 0.15) is 31.4 Å². The second kappa shape index (κ2) is 6.31. The largest absolute Gasteiger partial charge is 0.353 e. The van der Waals surface area contributed by atoms with Gasteiger partial charge in [-0.25, -0.2) is 9.97 Å². The first-order valence-corrected chi connectivity index (χ1v) is 6.47. The van der Waals surface area contributed by atoms with Crippen LogP contribution in [0.25, 0.3) is 0 Å². The highest BCUT2D eigenvalue weighted by Gasteiger charge is 2.18. The van der Waals surface area contributed by atoms with Crippen molar-refractivity contribution >= 4 is 5.95 Å². The van der Waals surface area contributed by atoms with Gasteiger partial charge in [-0.1, -0.05) is 12.8 Å². The first-order valence-electron chi connectivity index (χ1n) is 6.47. The Balaban J connectivity index is 1.75. The molecular formula is C13H19N5. The van der Waals surface area contributed by atoms with Crippen LogP contribution in [-0.4, -0.2) is 41.0 Å². The van der Waals surface area contributed by atoms with Crippen molar-refractivity contribution in [2.24, 2.45) is 0 Å². The first kappa shape index (κ1) is 12.8. The SMILES string of the molecule is CN(CCNc1nccc(C#N)n1)C1CCCC1. The van der Waals surface area contributed by atoms with Gasteiger partial charge in [0.1, 0.15) is 11.8 Å². The second-order valence-electron chi connectivity index (χ2n) is 4.72. The monoisotopic (exact) mass is 245 g/mol. The van der Waals surface area contributed by atoms with Crippen molar-refractivity contribution in [1.29, 1.82) is 5.26 Å². The summed E-state index contributed by atoms with van der Waals surface area (Å²) in [5.74, 6) is 0.536. The molecule has 1 aliphatic carbocycles. The molecule has 1 aliphatic rings. The molecule has 0 radical (unpaired) electrons. The smallest absolute Gasteiger partial charge is 0.223 e. The predicted molar refractivity (Wildman–Crippen MR) is 70.1 cm³/mol. The van der Waals surface area contributed by atoms with E-state index in [1.807, 2.05) is 6.07 Å². The van der Waals surface area contributed by atoms with Crippen LogP contribution in [0.3, 0.4) is 0 Å². The van der Waals surface area contributed by atoms with Crippen LogP contribution in [0.4, 0.5) is 5.95 Å². The second-order valence-corrected chi connectivity index (χ2v) is 4.72. The number of anilines is 1. The molecule has 1 aromatic rings. The number of nitriles is 1. The van der Waals surface area contributed by atoms with Crippen LogP contribution in [0.2, 0.25) is 0 Å². The van der Waals surface area contributed by atoms with Gasteiger partial charge in [0.15, 0.2) is 0 Å². The third kappa shape index (κ3) is 3.41. The summed E-state index contributed by atoms with van der Waals surface area (Å²) in [7, 11) is 2.17. The van der Waals surface area contributed by atoms with E-state index >= 15 is 0 Å². The van der Waals surface area contributed by atoms with Gasteiger partial charge in [0.05, 0.1) is 0 Å². The maximum absolute atomic E-state index is 8.74. The van der Waals surface area contributed by atoms with Crippen LogP contribution in [0, 0.1) is 11.3 Å². The van der Waals surface area contributed by atoms with Gasteiger partial charge in [0.25, 0.3) is 0 Å². The minimum Gasteiger partial charge on any atom is -0.353 e. The molecule has 1 saturated carbocycles. The summed E-state index contributed by atoms with van der Waals surface area (Å²) < 4.78 is 0. The Hall–Kier alpha value is -1.67. The average Bonchev–Trinajstić information content (AvgIpc) is 2.93. The van der Waals surface area contributed by atoms with E-state index in [4.69, 9.17) is 5.26 Å². The summed E-state index contributed by atoms with van der Waals surface area (Å²) in [5, 5.41) is 11.9. The minimum absolute atomic E-state index is 0.400. The van der Waals surface area contributed by atoms with E-state index in [1.54, 1.807) is 12.3 Å². The Morgan fingerprint density at radius 1 is 1.50 bits per heavy atom. The fourth-order valence-corrected chi connectivity index (χ4v) is 2.38. The topological polar surface area (TPSA) is 64.8 Å². The number of nitrogens with one attached hydrogen (secondary N) is 1. The summed E-state index contributed by atoms with van der Waals surface area (Å²) in [5.41, 5.74) is 0.400. The van der Waals surface area contributed by atoms with Gasteiger partial charge in [-0.15, -0.1) is 0 Å². The molecule has 18 heavy (non-hydrogen) atoms. The maximum Gasteiger partial charge on any atom is 0.223 e. The van der Waals surface area contributed by atoms with Crippen LogP contribution in [0.15, 0.2) is 12.3 Å². The van der Waals surface area contributed by atoms with Gasteiger partial charge in [-0.05, 0) is 26.0 Å². The Morgan fingerprint density at radius 2 is 2.28 bits per heavy atom. The minimum atomic E-state index is 0.400. The fraction of sp³-hybridized carbons (Fsp3) is 0.615. The van der Waals surface area contributed by atoms with Gasteiger partial charge in [-0.3, -0.25) is 0 Å². The fourth-order valence-electron chi connectivity index (χ4n) is 2.38. The van der Waals surface area contributed by atoms with Crippen LogP contribution < -0.4 is 5.32 Å². The average molecular weight is 245 g/mol. The van der Waals surface area contributed by atoms with Crippen molar-refractivity contribution in [2.75, 3.05) is 25.5 Å². The molecule has 2 rings (SSSR count). The van der Waals surface area contributed by atoms with Gasteiger partial charge >= 0.3 is 0 Å². The molecule has 1 aromatic heterocycles. The first-order chi connectivity index (χ1) is 8.79.